The summed E-state index contributed by atoms with van der Waals surface area (Å²) in [6.07, 6.45) is 3.17. The average Bonchev–Trinajstić information content (AvgIpc) is 2.98. The van der Waals surface area contributed by atoms with Gasteiger partial charge in [0, 0.05) is 17.4 Å². The van der Waals surface area contributed by atoms with E-state index in [9.17, 15) is 4.79 Å². The first-order valence-electron chi connectivity index (χ1n) is 5.80. The number of anilines is 1. The Morgan fingerprint density at radius 3 is 2.43 bits per heavy atom. The largest absolute Gasteiger partial charge is 0.383 e. The molecule has 1 unspecified atom stereocenters. The lowest BCUT2D eigenvalue weighted by atomic mass is 10.2. The van der Waals surface area contributed by atoms with E-state index in [0.29, 0.717) is 5.02 Å². The lowest BCUT2D eigenvalue weighted by molar-refractivity contribution is -0.119. The summed E-state index contributed by atoms with van der Waals surface area (Å²) in [4.78, 5) is 12.5. The molecule has 108 valence electrons. The van der Waals surface area contributed by atoms with Crippen molar-refractivity contribution in [1.82, 2.24) is 9.78 Å². The monoisotopic (exact) mass is 343 g/mol. The Labute approximate surface area is 134 Å². The topological polar surface area (TPSA) is 76.5 Å². The second-order valence-electron chi connectivity index (χ2n) is 4.28. The summed E-state index contributed by atoms with van der Waals surface area (Å²) in [6.45, 7) is 0. The summed E-state index contributed by atoms with van der Waals surface area (Å²) in [6, 6.07) is 3.82. The standard InChI is InChI=1S/C12H8Cl3N5O/c13-6-4-7(14)9(8(15)5-6)20-12(21)10(11(16)18-20)19-3-1-2-17-19/h1-5,10H,(H2,16,18). The highest BCUT2D eigenvalue weighted by molar-refractivity contribution is 6.42. The van der Waals surface area contributed by atoms with Crippen LogP contribution >= 0.6 is 34.8 Å². The molecule has 0 spiro atoms. The third-order valence-corrected chi connectivity index (χ3v) is 3.72. The second kappa shape index (κ2) is 5.22. The van der Waals surface area contributed by atoms with Crippen molar-refractivity contribution in [1.29, 1.82) is 0 Å². The van der Waals surface area contributed by atoms with Gasteiger partial charge in [-0.05, 0) is 18.2 Å². The van der Waals surface area contributed by atoms with Crippen molar-refractivity contribution in [3.8, 4) is 0 Å². The normalized spacial score (nSPS) is 18.2. The van der Waals surface area contributed by atoms with Crippen LogP contribution < -0.4 is 10.7 Å². The number of halogens is 3. The van der Waals surface area contributed by atoms with Crippen LogP contribution in [0.15, 0.2) is 35.7 Å². The van der Waals surface area contributed by atoms with E-state index in [-0.39, 0.29) is 21.6 Å². The van der Waals surface area contributed by atoms with Crippen molar-refractivity contribution >= 4 is 52.2 Å². The van der Waals surface area contributed by atoms with E-state index in [1.165, 1.54) is 16.8 Å². The fourth-order valence-electron chi connectivity index (χ4n) is 2.04. The third kappa shape index (κ3) is 2.35. The number of nitrogens with zero attached hydrogens (tertiary/aromatic N) is 4. The number of aromatic nitrogens is 2. The van der Waals surface area contributed by atoms with Crippen molar-refractivity contribution < 1.29 is 4.79 Å². The van der Waals surface area contributed by atoms with Crippen LogP contribution in [0.25, 0.3) is 0 Å². The van der Waals surface area contributed by atoms with E-state index in [0.717, 1.165) is 5.01 Å². The van der Waals surface area contributed by atoms with E-state index in [2.05, 4.69) is 10.2 Å². The van der Waals surface area contributed by atoms with Crippen molar-refractivity contribution in [2.75, 3.05) is 5.01 Å². The zero-order valence-electron chi connectivity index (χ0n) is 10.4. The molecule has 2 heterocycles. The maximum absolute atomic E-state index is 12.5. The van der Waals surface area contributed by atoms with Crippen LogP contribution in [-0.4, -0.2) is 21.5 Å². The number of hydrogen-bond donors (Lipinski definition) is 1. The number of rotatable bonds is 2. The first-order valence-corrected chi connectivity index (χ1v) is 6.94. The van der Waals surface area contributed by atoms with Crippen molar-refractivity contribution in [2.24, 2.45) is 10.8 Å². The van der Waals surface area contributed by atoms with Crippen molar-refractivity contribution in [3.05, 3.63) is 45.7 Å². The molecular formula is C12H8Cl3N5O. The molecule has 21 heavy (non-hydrogen) atoms. The summed E-state index contributed by atoms with van der Waals surface area (Å²) in [5, 5.41) is 9.89. The molecule has 1 aliphatic rings. The molecule has 0 saturated carbocycles. The Hall–Kier alpha value is -1.76. The van der Waals surface area contributed by atoms with Gasteiger partial charge in [-0.15, -0.1) is 5.10 Å². The van der Waals surface area contributed by atoms with Crippen LogP contribution in [0, 0.1) is 0 Å². The summed E-state index contributed by atoms with van der Waals surface area (Å²) < 4.78 is 1.42. The number of amidine groups is 1. The van der Waals surface area contributed by atoms with Crippen LogP contribution in [0.2, 0.25) is 15.1 Å². The minimum Gasteiger partial charge on any atom is -0.383 e. The van der Waals surface area contributed by atoms with E-state index in [4.69, 9.17) is 40.5 Å². The Bertz CT molecular complexity index is 720. The lowest BCUT2D eigenvalue weighted by Crippen LogP contribution is -2.32. The molecule has 0 radical (unpaired) electrons. The first kappa shape index (κ1) is 14.2. The highest BCUT2D eigenvalue weighted by Gasteiger charge is 2.38. The molecule has 0 aliphatic carbocycles. The van der Waals surface area contributed by atoms with E-state index in [1.54, 1.807) is 18.5 Å². The summed E-state index contributed by atoms with van der Waals surface area (Å²) in [5.74, 6) is -0.298. The van der Waals surface area contributed by atoms with Crippen molar-refractivity contribution in [2.45, 2.75) is 6.04 Å². The smallest absolute Gasteiger partial charge is 0.280 e. The number of benzene rings is 1. The fraction of sp³-hybridized carbons (Fsp3) is 0.0833. The lowest BCUT2D eigenvalue weighted by Gasteiger charge is -2.17. The fourth-order valence-corrected chi connectivity index (χ4v) is 3.02. The molecule has 2 aromatic rings. The molecule has 2 N–H and O–H groups in total. The summed E-state index contributed by atoms with van der Waals surface area (Å²) in [7, 11) is 0. The molecule has 9 heteroatoms. The highest BCUT2D eigenvalue weighted by Crippen LogP contribution is 2.39. The summed E-state index contributed by atoms with van der Waals surface area (Å²) >= 11 is 18.1. The van der Waals surface area contributed by atoms with E-state index >= 15 is 0 Å². The maximum atomic E-state index is 12.5. The predicted octanol–water partition coefficient (Wildman–Crippen LogP) is 2.70. The molecule has 0 saturated heterocycles. The Morgan fingerprint density at radius 2 is 1.86 bits per heavy atom. The maximum Gasteiger partial charge on any atom is 0.280 e. The van der Waals surface area contributed by atoms with Crippen LogP contribution in [-0.2, 0) is 4.79 Å². The minimum absolute atomic E-state index is 0.103. The zero-order valence-corrected chi connectivity index (χ0v) is 12.6. The number of amides is 1. The zero-order chi connectivity index (χ0) is 15.1. The van der Waals surface area contributed by atoms with Crippen LogP contribution in [0.3, 0.4) is 0 Å². The van der Waals surface area contributed by atoms with Gasteiger partial charge in [-0.25, -0.2) is 0 Å². The second-order valence-corrected chi connectivity index (χ2v) is 5.53. The van der Waals surface area contributed by atoms with Gasteiger partial charge >= 0.3 is 0 Å². The van der Waals surface area contributed by atoms with Gasteiger partial charge in [0.15, 0.2) is 11.9 Å². The van der Waals surface area contributed by atoms with Gasteiger partial charge in [0.05, 0.1) is 10.0 Å². The van der Waals surface area contributed by atoms with Gasteiger partial charge in [0.1, 0.15) is 5.69 Å². The van der Waals surface area contributed by atoms with Gasteiger partial charge in [-0.1, -0.05) is 34.8 Å². The van der Waals surface area contributed by atoms with Crippen LogP contribution in [0.4, 0.5) is 5.69 Å². The Morgan fingerprint density at radius 1 is 1.19 bits per heavy atom. The number of hydrazone groups is 1. The molecule has 0 fully saturated rings. The third-order valence-electron chi connectivity index (χ3n) is 2.92. The van der Waals surface area contributed by atoms with E-state index in [1.807, 2.05) is 0 Å². The molecular weight excluding hydrogens is 337 g/mol. The molecule has 1 aromatic carbocycles. The molecule has 1 aliphatic heterocycles. The molecule has 1 atom stereocenters. The first-order chi connectivity index (χ1) is 9.99. The Kier molecular flexibility index (Phi) is 3.52. The molecule has 3 rings (SSSR count). The predicted molar refractivity (Wildman–Crippen MR) is 81.8 cm³/mol. The Balaban J connectivity index is 2.05. The molecule has 6 nitrogen and oxygen atoms in total. The van der Waals surface area contributed by atoms with Gasteiger partial charge in [0.2, 0.25) is 0 Å². The van der Waals surface area contributed by atoms with E-state index < -0.39 is 11.9 Å². The van der Waals surface area contributed by atoms with Gasteiger partial charge < -0.3 is 5.73 Å². The molecule has 1 aromatic heterocycles. The van der Waals surface area contributed by atoms with Crippen LogP contribution in [0.1, 0.15) is 6.04 Å². The number of hydrogen-bond acceptors (Lipinski definition) is 4. The van der Waals surface area contributed by atoms with Gasteiger partial charge in [-0.2, -0.15) is 10.1 Å². The van der Waals surface area contributed by atoms with Crippen LogP contribution in [0.5, 0.6) is 0 Å². The van der Waals surface area contributed by atoms with Gasteiger partial charge in [0.25, 0.3) is 5.91 Å². The molecule has 1 amide bonds. The SMILES string of the molecule is NC1=NN(c2c(Cl)cc(Cl)cc2Cl)C(=O)C1n1cccn1. The molecule has 0 bridgehead atoms. The highest BCUT2D eigenvalue weighted by atomic mass is 35.5. The minimum atomic E-state index is -0.817. The summed E-state index contributed by atoms with van der Waals surface area (Å²) in [5.41, 5.74) is 6.07. The number of nitrogens with two attached hydrogens (primary N) is 1. The number of carbonyl (C=O) groups excluding carboxylic acids is 1. The average molecular weight is 345 g/mol. The number of carbonyl (C=O) groups is 1. The quantitative estimate of drug-likeness (QED) is 0.910. The van der Waals surface area contributed by atoms with Crippen molar-refractivity contribution in [3.63, 3.8) is 0 Å². The van der Waals surface area contributed by atoms with Gasteiger partial charge in [-0.3, -0.25) is 9.48 Å².